The molecular weight excluding hydrogens is 388 g/mol. The van der Waals surface area contributed by atoms with Gasteiger partial charge in [0.2, 0.25) is 5.91 Å². The summed E-state index contributed by atoms with van der Waals surface area (Å²) >= 11 is 1.21. The molecule has 0 spiro atoms. The molecule has 8 heteroatoms. The van der Waals surface area contributed by atoms with Gasteiger partial charge in [-0.15, -0.1) is 5.10 Å². The Hall–Kier alpha value is -3.13. The number of aromatic amines is 1. The van der Waals surface area contributed by atoms with E-state index in [0.717, 1.165) is 12.0 Å². The molecule has 2 aromatic carbocycles. The number of ketones is 1. The molecule has 1 amide bonds. The lowest BCUT2D eigenvalue weighted by atomic mass is 10.1. The molecule has 1 heterocycles. The van der Waals surface area contributed by atoms with Crippen molar-refractivity contribution < 1.29 is 9.59 Å². The zero-order valence-electron chi connectivity index (χ0n) is 16.2. The molecule has 29 heavy (non-hydrogen) atoms. The first kappa shape index (κ1) is 20.6. The van der Waals surface area contributed by atoms with Gasteiger partial charge >= 0.3 is 5.69 Å². The van der Waals surface area contributed by atoms with Crippen LogP contribution in [0.15, 0.2) is 64.5 Å². The second kappa shape index (κ2) is 9.38. The summed E-state index contributed by atoms with van der Waals surface area (Å²) in [6.45, 7) is 3.97. The van der Waals surface area contributed by atoms with Crippen LogP contribution in [-0.2, 0) is 11.3 Å². The molecule has 0 unspecified atom stereocenters. The van der Waals surface area contributed by atoms with Crippen molar-refractivity contribution in [3.05, 3.63) is 76.2 Å². The van der Waals surface area contributed by atoms with Gasteiger partial charge in [0, 0.05) is 17.8 Å². The number of Topliss-reactive ketones (excluding diaryl/α,β-unsaturated/α-hetero) is 1. The molecule has 150 valence electrons. The summed E-state index contributed by atoms with van der Waals surface area (Å²) in [7, 11) is 0. The number of benzene rings is 2. The molecular formula is C21H22N4O3S. The molecule has 3 rings (SSSR count). The fraction of sp³-hybridized carbons (Fsp3) is 0.238. The minimum Gasteiger partial charge on any atom is -0.325 e. The zero-order chi connectivity index (χ0) is 20.8. The van der Waals surface area contributed by atoms with E-state index in [-0.39, 0.29) is 17.4 Å². The van der Waals surface area contributed by atoms with Crippen molar-refractivity contribution in [2.75, 3.05) is 5.32 Å². The molecule has 0 bridgehead atoms. The topological polar surface area (TPSA) is 96.8 Å². The third kappa shape index (κ3) is 5.03. The molecule has 1 atom stereocenters. The number of thioether (sulfide) groups is 1. The second-order valence-corrected chi connectivity index (χ2v) is 7.57. The summed E-state index contributed by atoms with van der Waals surface area (Å²) in [6.07, 6.45) is 0.771. The maximum absolute atomic E-state index is 13.1. The zero-order valence-corrected chi connectivity index (χ0v) is 17.0. The number of amides is 1. The highest BCUT2D eigenvalue weighted by molar-refractivity contribution is 8.00. The number of carbonyl (C=O) groups excluding carboxylic acids is 2. The summed E-state index contributed by atoms with van der Waals surface area (Å²) in [4.78, 5) is 36.8. The van der Waals surface area contributed by atoms with E-state index in [1.807, 2.05) is 37.3 Å². The van der Waals surface area contributed by atoms with Gasteiger partial charge in [-0.1, -0.05) is 61.2 Å². The van der Waals surface area contributed by atoms with Crippen molar-refractivity contribution in [3.63, 3.8) is 0 Å². The van der Waals surface area contributed by atoms with E-state index in [1.165, 1.54) is 23.3 Å². The van der Waals surface area contributed by atoms with Gasteiger partial charge in [-0.3, -0.25) is 14.2 Å². The van der Waals surface area contributed by atoms with Crippen LogP contribution in [-0.4, -0.2) is 26.5 Å². The number of carbonyl (C=O) groups is 2. The van der Waals surface area contributed by atoms with E-state index in [4.69, 9.17) is 0 Å². The Balaban J connectivity index is 1.90. The first-order valence-electron chi connectivity index (χ1n) is 9.28. The SMILES string of the molecule is CCCn1c(S[C@@H](C(=O)Nc2cccc(C(C)=O)c2)c2ccccc2)n[nH]c1=O. The van der Waals surface area contributed by atoms with Crippen LogP contribution in [0.4, 0.5) is 5.69 Å². The van der Waals surface area contributed by atoms with Crippen LogP contribution in [0.1, 0.15) is 41.4 Å². The van der Waals surface area contributed by atoms with Crippen LogP contribution < -0.4 is 11.0 Å². The minimum absolute atomic E-state index is 0.0739. The predicted octanol–water partition coefficient (Wildman–Crippen LogP) is 3.66. The highest BCUT2D eigenvalue weighted by atomic mass is 32.2. The Morgan fingerprint density at radius 3 is 2.62 bits per heavy atom. The number of hydrogen-bond acceptors (Lipinski definition) is 5. The number of H-pyrrole nitrogens is 1. The Bertz CT molecular complexity index is 1060. The third-order valence-corrected chi connectivity index (χ3v) is 5.52. The van der Waals surface area contributed by atoms with Crippen LogP contribution in [0.2, 0.25) is 0 Å². The van der Waals surface area contributed by atoms with Crippen molar-refractivity contribution >= 4 is 29.1 Å². The smallest absolute Gasteiger partial charge is 0.325 e. The fourth-order valence-corrected chi connectivity index (χ4v) is 3.91. The van der Waals surface area contributed by atoms with Crippen LogP contribution in [0.5, 0.6) is 0 Å². The normalized spacial score (nSPS) is 11.8. The molecule has 7 nitrogen and oxygen atoms in total. The Morgan fingerprint density at radius 1 is 1.17 bits per heavy atom. The number of hydrogen-bond donors (Lipinski definition) is 2. The molecule has 0 saturated carbocycles. The van der Waals surface area contributed by atoms with Gasteiger partial charge in [-0.05, 0) is 31.0 Å². The predicted molar refractivity (Wildman–Crippen MR) is 113 cm³/mol. The van der Waals surface area contributed by atoms with Crippen molar-refractivity contribution in [3.8, 4) is 0 Å². The van der Waals surface area contributed by atoms with E-state index < -0.39 is 5.25 Å². The average molecular weight is 410 g/mol. The molecule has 2 N–H and O–H groups in total. The van der Waals surface area contributed by atoms with E-state index in [2.05, 4.69) is 15.5 Å². The summed E-state index contributed by atoms with van der Waals surface area (Å²) < 4.78 is 1.53. The Morgan fingerprint density at radius 2 is 1.93 bits per heavy atom. The fourth-order valence-electron chi connectivity index (χ4n) is 2.84. The first-order chi connectivity index (χ1) is 14.0. The molecule has 0 aliphatic rings. The highest BCUT2D eigenvalue weighted by Crippen LogP contribution is 2.35. The largest absolute Gasteiger partial charge is 0.343 e. The highest BCUT2D eigenvalue weighted by Gasteiger charge is 2.25. The van der Waals surface area contributed by atoms with Gasteiger partial charge in [0.1, 0.15) is 5.25 Å². The average Bonchev–Trinajstić information content (AvgIpc) is 3.06. The van der Waals surface area contributed by atoms with Gasteiger partial charge in [0.05, 0.1) is 0 Å². The molecule has 3 aromatic rings. The van der Waals surface area contributed by atoms with E-state index in [0.29, 0.717) is 23.0 Å². The van der Waals surface area contributed by atoms with Crippen LogP contribution in [0, 0.1) is 0 Å². The third-order valence-electron chi connectivity index (χ3n) is 4.27. The van der Waals surface area contributed by atoms with Gasteiger partial charge < -0.3 is 5.32 Å². The number of nitrogens with zero attached hydrogens (tertiary/aromatic N) is 2. The molecule has 1 aromatic heterocycles. The Kier molecular flexibility index (Phi) is 6.66. The number of nitrogens with one attached hydrogen (secondary N) is 2. The van der Waals surface area contributed by atoms with Gasteiger partial charge in [0.15, 0.2) is 10.9 Å². The lowest BCUT2D eigenvalue weighted by Crippen LogP contribution is -2.21. The molecule has 0 saturated heterocycles. The summed E-state index contributed by atoms with van der Waals surface area (Å²) in [6, 6.07) is 16.1. The summed E-state index contributed by atoms with van der Waals surface area (Å²) in [5.74, 6) is -0.337. The second-order valence-electron chi connectivity index (χ2n) is 6.50. The number of aromatic nitrogens is 3. The van der Waals surface area contributed by atoms with E-state index in [1.54, 1.807) is 24.3 Å². The monoisotopic (exact) mass is 410 g/mol. The van der Waals surface area contributed by atoms with Crippen LogP contribution >= 0.6 is 11.8 Å². The molecule has 0 radical (unpaired) electrons. The van der Waals surface area contributed by atoms with Gasteiger partial charge in [-0.25, -0.2) is 9.89 Å². The standard InChI is InChI=1S/C21H22N4O3S/c1-3-12-25-20(28)23-24-21(25)29-18(15-8-5-4-6-9-15)19(27)22-17-11-7-10-16(13-17)14(2)26/h4-11,13,18H,3,12H2,1-2H3,(H,22,27)(H,23,28)/t18-/m1/s1. The lowest BCUT2D eigenvalue weighted by molar-refractivity contribution is -0.115. The summed E-state index contributed by atoms with van der Waals surface area (Å²) in [5.41, 5.74) is 1.56. The van der Waals surface area contributed by atoms with Crippen molar-refractivity contribution in [1.82, 2.24) is 14.8 Å². The van der Waals surface area contributed by atoms with E-state index >= 15 is 0 Å². The summed E-state index contributed by atoms with van der Waals surface area (Å²) in [5, 5.41) is 9.26. The van der Waals surface area contributed by atoms with Crippen molar-refractivity contribution in [2.24, 2.45) is 0 Å². The molecule has 0 aliphatic heterocycles. The molecule has 0 aliphatic carbocycles. The first-order valence-corrected chi connectivity index (χ1v) is 10.2. The van der Waals surface area contributed by atoms with Gasteiger partial charge in [0.25, 0.3) is 0 Å². The molecule has 0 fully saturated rings. The minimum atomic E-state index is -0.622. The van der Waals surface area contributed by atoms with Crippen LogP contribution in [0.3, 0.4) is 0 Å². The van der Waals surface area contributed by atoms with E-state index in [9.17, 15) is 14.4 Å². The van der Waals surface area contributed by atoms with Crippen LogP contribution in [0.25, 0.3) is 0 Å². The van der Waals surface area contributed by atoms with Gasteiger partial charge in [-0.2, -0.15) is 0 Å². The van der Waals surface area contributed by atoms with Crippen molar-refractivity contribution in [1.29, 1.82) is 0 Å². The maximum Gasteiger partial charge on any atom is 0.343 e. The Labute approximate surface area is 172 Å². The van der Waals surface area contributed by atoms with Crippen molar-refractivity contribution in [2.45, 2.75) is 37.2 Å². The maximum atomic E-state index is 13.1. The number of anilines is 1. The quantitative estimate of drug-likeness (QED) is 0.436. The lowest BCUT2D eigenvalue weighted by Gasteiger charge is -2.17. The number of rotatable bonds is 8.